The van der Waals surface area contributed by atoms with Crippen molar-refractivity contribution in [2.45, 2.75) is 26.7 Å². The minimum atomic E-state index is -0.138. The van der Waals surface area contributed by atoms with Crippen molar-refractivity contribution in [1.29, 1.82) is 0 Å². The number of benzene rings is 1. The van der Waals surface area contributed by atoms with E-state index in [9.17, 15) is 4.79 Å². The van der Waals surface area contributed by atoms with Crippen molar-refractivity contribution in [3.8, 4) is 11.5 Å². The first-order valence-electron chi connectivity index (χ1n) is 7.57. The van der Waals surface area contributed by atoms with Gasteiger partial charge in [0.15, 0.2) is 11.5 Å². The second-order valence-electron chi connectivity index (χ2n) is 4.57. The van der Waals surface area contributed by atoms with Crippen LogP contribution in [-0.2, 0) is 4.79 Å². The van der Waals surface area contributed by atoms with Crippen LogP contribution in [0.2, 0.25) is 0 Å². The molecule has 1 heterocycles. The summed E-state index contributed by atoms with van der Waals surface area (Å²) < 4.78 is 10.5. The molecule has 3 rings (SSSR count). The topological polar surface area (TPSA) is 47.6 Å². The van der Waals surface area contributed by atoms with E-state index in [2.05, 4.69) is 11.4 Å². The molecule has 4 heteroatoms. The van der Waals surface area contributed by atoms with Crippen LogP contribution in [0.25, 0.3) is 6.08 Å². The molecule has 0 saturated heterocycles. The number of hydrogen-bond acceptors (Lipinski definition) is 3. The maximum atomic E-state index is 11.8. The lowest BCUT2D eigenvalue weighted by atomic mass is 10.1. The van der Waals surface area contributed by atoms with E-state index in [0.717, 1.165) is 29.9 Å². The van der Waals surface area contributed by atoms with Gasteiger partial charge in [0.25, 0.3) is 0 Å². The molecule has 1 N–H and O–H groups in total. The summed E-state index contributed by atoms with van der Waals surface area (Å²) >= 11 is 0. The van der Waals surface area contributed by atoms with Gasteiger partial charge >= 0.3 is 0 Å². The molecule has 0 atom stereocenters. The minimum absolute atomic E-state index is 0.138. The van der Waals surface area contributed by atoms with Gasteiger partial charge < -0.3 is 14.8 Å². The van der Waals surface area contributed by atoms with Gasteiger partial charge in [0, 0.05) is 11.8 Å². The van der Waals surface area contributed by atoms with Crippen LogP contribution in [0.4, 0.5) is 0 Å². The molecule has 1 aromatic carbocycles. The lowest BCUT2D eigenvalue weighted by Crippen LogP contribution is -2.19. The molecule has 0 radical (unpaired) electrons. The second-order valence-corrected chi connectivity index (χ2v) is 4.57. The van der Waals surface area contributed by atoms with Crippen molar-refractivity contribution < 1.29 is 14.3 Å². The molecule has 0 unspecified atom stereocenters. The number of carbonyl (C=O) groups is 1. The van der Waals surface area contributed by atoms with Gasteiger partial charge in [0.1, 0.15) is 0 Å². The van der Waals surface area contributed by atoms with E-state index in [1.54, 1.807) is 6.08 Å². The van der Waals surface area contributed by atoms with Crippen LogP contribution in [0.5, 0.6) is 11.5 Å². The second kappa shape index (κ2) is 8.08. The summed E-state index contributed by atoms with van der Waals surface area (Å²) in [5.41, 5.74) is 1.76. The third kappa shape index (κ3) is 4.25. The third-order valence-corrected chi connectivity index (χ3v) is 3.09. The number of amides is 1. The molecule has 1 amide bonds. The number of ether oxygens (including phenoxy) is 2. The van der Waals surface area contributed by atoms with E-state index in [0.29, 0.717) is 5.75 Å². The fourth-order valence-electron chi connectivity index (χ4n) is 2.08. The van der Waals surface area contributed by atoms with Crippen LogP contribution in [0.1, 0.15) is 32.3 Å². The molecule has 0 saturated carbocycles. The average Bonchev–Trinajstić information content (AvgIpc) is 3.03. The van der Waals surface area contributed by atoms with Crippen molar-refractivity contribution >= 4 is 12.0 Å². The minimum Gasteiger partial charge on any atom is -0.454 e. The monoisotopic (exact) mass is 299 g/mol. The van der Waals surface area contributed by atoms with Gasteiger partial charge in [0.05, 0.1) is 0 Å². The zero-order valence-corrected chi connectivity index (χ0v) is 13.0. The Kier molecular flexibility index (Phi) is 5.83. The lowest BCUT2D eigenvalue weighted by molar-refractivity contribution is -0.115. The molecule has 0 bridgehead atoms. The summed E-state index contributed by atoms with van der Waals surface area (Å²) in [7, 11) is 0. The van der Waals surface area contributed by atoms with E-state index in [1.807, 2.05) is 44.2 Å². The Hall–Kier alpha value is -2.49. The van der Waals surface area contributed by atoms with Crippen LogP contribution in [0.3, 0.4) is 0 Å². The molecule has 0 spiro atoms. The highest BCUT2D eigenvalue weighted by Crippen LogP contribution is 2.32. The number of allylic oxidation sites excluding steroid dienone is 3. The summed E-state index contributed by atoms with van der Waals surface area (Å²) in [5, 5.41) is 2.83. The number of rotatable bonds is 3. The molecule has 1 aliphatic heterocycles. The quantitative estimate of drug-likeness (QED) is 0.863. The Balaban J connectivity index is 0.000000847. The van der Waals surface area contributed by atoms with Gasteiger partial charge in [-0.05, 0) is 42.7 Å². The maximum absolute atomic E-state index is 11.8. The van der Waals surface area contributed by atoms with Gasteiger partial charge in [-0.3, -0.25) is 4.79 Å². The zero-order chi connectivity index (χ0) is 15.8. The van der Waals surface area contributed by atoms with Crippen LogP contribution >= 0.6 is 0 Å². The SMILES string of the molecule is CC.O=C(/C=C/c1ccc2c(c1)OCO2)NC1=CCCC=C1. The van der Waals surface area contributed by atoms with E-state index < -0.39 is 0 Å². The number of fused-ring (bicyclic) bond motifs is 1. The molecule has 22 heavy (non-hydrogen) atoms. The highest BCUT2D eigenvalue weighted by Gasteiger charge is 2.12. The summed E-state index contributed by atoms with van der Waals surface area (Å²) in [4.78, 5) is 11.8. The van der Waals surface area contributed by atoms with Gasteiger partial charge in [-0.2, -0.15) is 0 Å². The summed E-state index contributed by atoms with van der Waals surface area (Å²) in [6.45, 7) is 4.25. The van der Waals surface area contributed by atoms with Gasteiger partial charge in [-0.1, -0.05) is 32.1 Å². The largest absolute Gasteiger partial charge is 0.454 e. The first kappa shape index (κ1) is 15.9. The van der Waals surface area contributed by atoms with E-state index in [1.165, 1.54) is 6.08 Å². The normalized spacial score (nSPS) is 15.1. The van der Waals surface area contributed by atoms with Crippen molar-refractivity contribution in [2.75, 3.05) is 6.79 Å². The molecule has 4 nitrogen and oxygen atoms in total. The highest BCUT2D eigenvalue weighted by atomic mass is 16.7. The first-order valence-corrected chi connectivity index (χ1v) is 7.57. The smallest absolute Gasteiger partial charge is 0.248 e. The summed E-state index contributed by atoms with van der Waals surface area (Å²) in [6, 6.07) is 5.58. The van der Waals surface area contributed by atoms with E-state index >= 15 is 0 Å². The van der Waals surface area contributed by atoms with Crippen LogP contribution in [-0.4, -0.2) is 12.7 Å². The Labute approximate surface area is 131 Å². The van der Waals surface area contributed by atoms with Crippen molar-refractivity contribution in [2.24, 2.45) is 0 Å². The molecule has 0 fully saturated rings. The third-order valence-electron chi connectivity index (χ3n) is 3.09. The first-order chi connectivity index (χ1) is 10.8. The fraction of sp³-hybridized carbons (Fsp3) is 0.278. The van der Waals surface area contributed by atoms with Crippen LogP contribution < -0.4 is 14.8 Å². The van der Waals surface area contributed by atoms with Gasteiger partial charge in [-0.15, -0.1) is 0 Å². The van der Waals surface area contributed by atoms with Crippen LogP contribution in [0.15, 0.2) is 48.2 Å². The van der Waals surface area contributed by atoms with Crippen molar-refractivity contribution in [3.05, 3.63) is 53.8 Å². The van der Waals surface area contributed by atoms with Crippen molar-refractivity contribution in [3.63, 3.8) is 0 Å². The fourth-order valence-corrected chi connectivity index (χ4v) is 2.08. The molecular weight excluding hydrogens is 278 g/mol. The van der Waals surface area contributed by atoms with Gasteiger partial charge in [0.2, 0.25) is 12.7 Å². The van der Waals surface area contributed by atoms with E-state index in [4.69, 9.17) is 9.47 Å². The summed E-state index contributed by atoms with van der Waals surface area (Å²) in [5.74, 6) is 1.31. The molecule has 2 aliphatic rings. The molecule has 0 aromatic heterocycles. The van der Waals surface area contributed by atoms with Crippen molar-refractivity contribution in [1.82, 2.24) is 5.32 Å². The summed E-state index contributed by atoms with van der Waals surface area (Å²) in [6.07, 6.45) is 11.3. The Bertz CT molecular complexity index is 615. The van der Waals surface area contributed by atoms with E-state index in [-0.39, 0.29) is 12.7 Å². The molecule has 116 valence electrons. The molecular formula is C18H21NO3. The Morgan fingerprint density at radius 1 is 1.18 bits per heavy atom. The number of nitrogens with one attached hydrogen (secondary N) is 1. The lowest BCUT2D eigenvalue weighted by Gasteiger charge is -2.06. The Morgan fingerprint density at radius 3 is 2.77 bits per heavy atom. The van der Waals surface area contributed by atoms with Gasteiger partial charge in [-0.25, -0.2) is 0 Å². The zero-order valence-electron chi connectivity index (χ0n) is 13.0. The standard InChI is InChI=1S/C16H15NO3.C2H6/c18-16(17-13-4-2-1-3-5-13)9-7-12-6-8-14-15(10-12)20-11-19-14;1-2/h2,4-10H,1,3,11H2,(H,17,18);1-2H3/b9-7+;. The van der Waals surface area contributed by atoms with Crippen LogP contribution in [0, 0.1) is 0 Å². The molecule has 1 aromatic rings. The average molecular weight is 299 g/mol. The predicted octanol–water partition coefficient (Wildman–Crippen LogP) is 3.80. The maximum Gasteiger partial charge on any atom is 0.248 e. The number of hydrogen-bond donors (Lipinski definition) is 1. The highest BCUT2D eigenvalue weighted by molar-refractivity contribution is 5.93. The Morgan fingerprint density at radius 2 is 2.00 bits per heavy atom. The number of carbonyl (C=O) groups excluding carboxylic acids is 1. The molecule has 1 aliphatic carbocycles. The predicted molar refractivity (Wildman–Crippen MR) is 87.5 cm³/mol.